The Balaban J connectivity index is 3.11. The minimum absolute atomic E-state index is 0.0131. The van der Waals surface area contributed by atoms with Crippen molar-refractivity contribution in [3.63, 3.8) is 0 Å². The van der Waals surface area contributed by atoms with Crippen molar-refractivity contribution in [3.8, 4) is 17.9 Å². The summed E-state index contributed by atoms with van der Waals surface area (Å²) in [6.07, 6.45) is 1.15. The first-order valence-corrected chi connectivity index (χ1v) is 4.80. The van der Waals surface area contributed by atoms with Gasteiger partial charge in [-0.05, 0) is 18.2 Å². The van der Waals surface area contributed by atoms with Crippen LogP contribution < -0.4 is 10.1 Å². The topological polar surface area (TPSA) is 106 Å². The number of allylic oxidation sites excluding steroid dienone is 1. The number of nitrogens with one attached hydrogen (secondary N) is 1. The van der Waals surface area contributed by atoms with E-state index in [4.69, 9.17) is 20.4 Å². The molecule has 0 radical (unpaired) electrons. The highest BCUT2D eigenvalue weighted by molar-refractivity contribution is 5.95. The highest BCUT2D eigenvalue weighted by Crippen LogP contribution is 2.22. The number of methoxy groups -OCH3 is 1. The molecular formula is C12H9N3O3. The molecule has 0 spiro atoms. The van der Waals surface area contributed by atoms with Gasteiger partial charge in [0.15, 0.2) is 0 Å². The van der Waals surface area contributed by atoms with E-state index in [1.165, 1.54) is 19.2 Å². The summed E-state index contributed by atoms with van der Waals surface area (Å²) in [4.78, 5) is 11.0. The second-order valence-corrected chi connectivity index (χ2v) is 3.14. The van der Waals surface area contributed by atoms with E-state index in [2.05, 4.69) is 5.32 Å². The van der Waals surface area contributed by atoms with Gasteiger partial charge in [-0.15, -0.1) is 0 Å². The molecule has 1 aromatic rings. The van der Waals surface area contributed by atoms with Gasteiger partial charge in [0.2, 0.25) is 0 Å². The van der Waals surface area contributed by atoms with Crippen LogP contribution in [0.15, 0.2) is 30.0 Å². The summed E-state index contributed by atoms with van der Waals surface area (Å²) in [6, 6.07) is 7.72. The van der Waals surface area contributed by atoms with Gasteiger partial charge in [-0.3, -0.25) is 0 Å². The third-order valence-corrected chi connectivity index (χ3v) is 2.07. The summed E-state index contributed by atoms with van der Waals surface area (Å²) in [6.45, 7) is 0. The Morgan fingerprint density at radius 3 is 2.61 bits per heavy atom. The summed E-state index contributed by atoms with van der Waals surface area (Å²) in [5.74, 6) is -0.733. The molecule has 0 amide bonds. The molecule has 6 nitrogen and oxygen atoms in total. The number of nitrogens with zero attached hydrogens (tertiary/aromatic N) is 2. The normalized spacial score (nSPS) is 8.61. The molecule has 0 aromatic heterocycles. The van der Waals surface area contributed by atoms with Crippen LogP contribution in [0.25, 0.3) is 0 Å². The number of ether oxygens (including phenoxy) is 1. The fraction of sp³-hybridized carbons (Fsp3) is 0.0833. The van der Waals surface area contributed by atoms with E-state index in [1.54, 1.807) is 18.2 Å². The molecule has 0 unspecified atom stereocenters. The molecule has 0 fully saturated rings. The summed E-state index contributed by atoms with van der Waals surface area (Å²) < 4.78 is 4.92. The zero-order valence-corrected chi connectivity index (χ0v) is 9.47. The van der Waals surface area contributed by atoms with Gasteiger partial charge in [0, 0.05) is 6.20 Å². The first-order valence-electron chi connectivity index (χ1n) is 4.80. The number of carboxylic acid groups (broad SMARTS) is 1. The number of rotatable bonds is 4. The van der Waals surface area contributed by atoms with Crippen LogP contribution >= 0.6 is 0 Å². The van der Waals surface area contributed by atoms with E-state index in [9.17, 15) is 4.79 Å². The van der Waals surface area contributed by atoms with Crippen LogP contribution in [-0.2, 0) is 0 Å². The third-order valence-electron chi connectivity index (χ3n) is 2.07. The molecule has 0 aliphatic carbocycles. The number of hydrogen-bond donors (Lipinski definition) is 2. The van der Waals surface area contributed by atoms with Gasteiger partial charge in [-0.1, -0.05) is 0 Å². The molecule has 18 heavy (non-hydrogen) atoms. The molecule has 0 saturated heterocycles. The highest BCUT2D eigenvalue weighted by Gasteiger charge is 2.10. The average molecular weight is 243 g/mol. The maximum Gasteiger partial charge on any atom is 0.337 e. The summed E-state index contributed by atoms with van der Waals surface area (Å²) >= 11 is 0. The van der Waals surface area contributed by atoms with Crippen molar-refractivity contribution in [2.45, 2.75) is 0 Å². The van der Waals surface area contributed by atoms with Crippen molar-refractivity contribution < 1.29 is 14.6 Å². The number of benzene rings is 1. The van der Waals surface area contributed by atoms with Gasteiger partial charge in [0.1, 0.15) is 23.5 Å². The Morgan fingerprint density at radius 1 is 1.44 bits per heavy atom. The molecule has 1 aromatic carbocycles. The van der Waals surface area contributed by atoms with Crippen molar-refractivity contribution in [2.24, 2.45) is 0 Å². The van der Waals surface area contributed by atoms with Crippen LogP contribution in [0.1, 0.15) is 10.4 Å². The zero-order chi connectivity index (χ0) is 13.5. The molecule has 6 heteroatoms. The number of carboxylic acids is 1. The Hall–Kier alpha value is -2.99. The summed E-state index contributed by atoms with van der Waals surface area (Å²) in [7, 11) is 1.43. The van der Waals surface area contributed by atoms with Crippen LogP contribution in [-0.4, -0.2) is 18.2 Å². The quantitative estimate of drug-likeness (QED) is 0.780. The number of carbonyl (C=O) groups is 1. The summed E-state index contributed by atoms with van der Waals surface area (Å²) in [5.41, 5.74) is 0.106. The predicted octanol–water partition coefficient (Wildman–Crippen LogP) is 1.74. The van der Waals surface area contributed by atoms with Gasteiger partial charge in [0.05, 0.1) is 18.4 Å². The lowest BCUT2D eigenvalue weighted by Crippen LogP contribution is -2.03. The summed E-state index contributed by atoms with van der Waals surface area (Å²) in [5, 5.41) is 28.7. The molecule has 2 N–H and O–H groups in total. The first kappa shape index (κ1) is 13.1. The number of aromatic carboxylic acids is 1. The van der Waals surface area contributed by atoms with Gasteiger partial charge in [0.25, 0.3) is 0 Å². The molecule has 1 rings (SSSR count). The van der Waals surface area contributed by atoms with Crippen LogP contribution in [0.3, 0.4) is 0 Å². The first-order chi connectivity index (χ1) is 8.62. The maximum atomic E-state index is 11.0. The van der Waals surface area contributed by atoms with Crippen molar-refractivity contribution in [1.29, 1.82) is 10.5 Å². The molecule has 0 atom stereocenters. The van der Waals surface area contributed by atoms with Gasteiger partial charge < -0.3 is 15.2 Å². The largest absolute Gasteiger partial charge is 0.497 e. The fourth-order valence-corrected chi connectivity index (χ4v) is 1.19. The molecule has 0 aliphatic rings. The molecule has 90 valence electrons. The Morgan fingerprint density at radius 2 is 2.11 bits per heavy atom. The van der Waals surface area contributed by atoms with E-state index in [0.717, 1.165) is 6.20 Å². The Labute approximate surface area is 103 Å². The van der Waals surface area contributed by atoms with E-state index in [0.29, 0.717) is 5.75 Å². The van der Waals surface area contributed by atoms with E-state index in [-0.39, 0.29) is 16.8 Å². The molecular weight excluding hydrogens is 234 g/mol. The van der Waals surface area contributed by atoms with Crippen LogP contribution in [0, 0.1) is 22.7 Å². The Bertz CT molecular complexity index is 563. The SMILES string of the molecule is COc1ccc(NC=C(C#N)C#N)c(C(=O)O)c1. The minimum Gasteiger partial charge on any atom is -0.497 e. The number of nitriles is 2. The lowest BCUT2D eigenvalue weighted by molar-refractivity contribution is 0.0697. The zero-order valence-electron chi connectivity index (χ0n) is 9.47. The standard InChI is InChI=1S/C12H9N3O3/c1-18-9-2-3-11(10(4-9)12(16)17)15-7-8(5-13)6-14/h2-4,7,15H,1H3,(H,16,17). The highest BCUT2D eigenvalue weighted by atomic mass is 16.5. The van der Waals surface area contributed by atoms with Crippen molar-refractivity contribution in [2.75, 3.05) is 12.4 Å². The fourth-order valence-electron chi connectivity index (χ4n) is 1.19. The third kappa shape index (κ3) is 3.00. The molecule has 0 bridgehead atoms. The molecule has 0 heterocycles. The van der Waals surface area contributed by atoms with Crippen molar-refractivity contribution in [3.05, 3.63) is 35.5 Å². The van der Waals surface area contributed by atoms with E-state index >= 15 is 0 Å². The Kier molecular flexibility index (Phi) is 4.30. The van der Waals surface area contributed by atoms with Gasteiger partial charge >= 0.3 is 5.97 Å². The lowest BCUT2D eigenvalue weighted by Gasteiger charge is -2.07. The smallest absolute Gasteiger partial charge is 0.337 e. The van der Waals surface area contributed by atoms with Crippen molar-refractivity contribution >= 4 is 11.7 Å². The monoisotopic (exact) mass is 243 g/mol. The molecule has 0 saturated carbocycles. The van der Waals surface area contributed by atoms with Crippen LogP contribution in [0.4, 0.5) is 5.69 Å². The van der Waals surface area contributed by atoms with E-state index in [1.807, 2.05) is 0 Å². The van der Waals surface area contributed by atoms with E-state index < -0.39 is 5.97 Å². The second-order valence-electron chi connectivity index (χ2n) is 3.14. The maximum absolute atomic E-state index is 11.0. The van der Waals surface area contributed by atoms with Gasteiger partial charge in [-0.25, -0.2) is 4.79 Å². The second kappa shape index (κ2) is 5.92. The minimum atomic E-state index is -1.14. The molecule has 0 aliphatic heterocycles. The number of hydrogen-bond acceptors (Lipinski definition) is 5. The van der Waals surface area contributed by atoms with Crippen LogP contribution in [0.2, 0.25) is 0 Å². The number of anilines is 1. The average Bonchev–Trinajstić information content (AvgIpc) is 2.39. The van der Waals surface area contributed by atoms with Crippen molar-refractivity contribution in [1.82, 2.24) is 0 Å². The lowest BCUT2D eigenvalue weighted by atomic mass is 10.1. The van der Waals surface area contributed by atoms with Gasteiger partial charge in [-0.2, -0.15) is 10.5 Å². The predicted molar refractivity (Wildman–Crippen MR) is 62.9 cm³/mol. The van der Waals surface area contributed by atoms with Crippen LogP contribution in [0.5, 0.6) is 5.75 Å².